The Labute approximate surface area is 121 Å². The minimum absolute atomic E-state index is 0.174. The molecule has 2 aromatic rings. The zero-order chi connectivity index (χ0) is 15.2. The van der Waals surface area contributed by atoms with Crippen molar-refractivity contribution in [1.82, 2.24) is 9.78 Å². The van der Waals surface area contributed by atoms with Crippen LogP contribution in [0.2, 0.25) is 0 Å². The van der Waals surface area contributed by atoms with Crippen LogP contribution in [0.15, 0.2) is 48.8 Å². The van der Waals surface area contributed by atoms with Crippen LogP contribution in [0.3, 0.4) is 0 Å². The number of carbonyl (C=O) groups is 2. The Kier molecular flexibility index (Phi) is 4.50. The van der Waals surface area contributed by atoms with E-state index in [2.05, 4.69) is 10.4 Å². The Morgan fingerprint density at radius 2 is 2.05 bits per heavy atom. The third-order valence-electron chi connectivity index (χ3n) is 2.90. The topological polar surface area (TPSA) is 84.2 Å². The number of carboxylic acids is 1. The summed E-state index contributed by atoms with van der Waals surface area (Å²) in [6.07, 6.45) is 5.89. The van der Waals surface area contributed by atoms with E-state index in [4.69, 9.17) is 5.11 Å². The third kappa shape index (κ3) is 4.04. The van der Waals surface area contributed by atoms with E-state index < -0.39 is 12.0 Å². The summed E-state index contributed by atoms with van der Waals surface area (Å²) >= 11 is 0. The Hall–Kier alpha value is -2.89. The van der Waals surface area contributed by atoms with Crippen LogP contribution in [0.25, 0.3) is 6.08 Å². The molecule has 1 aromatic carbocycles. The van der Waals surface area contributed by atoms with E-state index in [-0.39, 0.29) is 5.91 Å². The summed E-state index contributed by atoms with van der Waals surface area (Å²) in [6, 6.07) is 8.24. The standard InChI is InChI=1S/C15H15N3O3/c1-11(18-10-2-9-16-18)15(21)17-13-6-3-12(4-7-13)5-8-14(19)20/h2-11H,1H3,(H,17,21)(H,19,20). The predicted molar refractivity (Wildman–Crippen MR) is 78.7 cm³/mol. The second kappa shape index (κ2) is 6.51. The average Bonchev–Trinajstić information content (AvgIpc) is 2.99. The SMILES string of the molecule is CC(C(=O)Nc1ccc(C=CC(=O)O)cc1)n1cccn1. The number of nitrogens with one attached hydrogen (secondary N) is 1. The molecular weight excluding hydrogens is 270 g/mol. The highest BCUT2D eigenvalue weighted by Gasteiger charge is 2.14. The maximum absolute atomic E-state index is 12.0. The Bertz CT molecular complexity index is 645. The molecule has 2 N–H and O–H groups in total. The summed E-state index contributed by atoms with van der Waals surface area (Å²) in [7, 11) is 0. The number of anilines is 1. The molecule has 1 unspecified atom stereocenters. The minimum atomic E-state index is -1.000. The molecule has 0 aliphatic heterocycles. The number of amides is 1. The largest absolute Gasteiger partial charge is 0.478 e. The van der Waals surface area contributed by atoms with E-state index in [9.17, 15) is 9.59 Å². The highest BCUT2D eigenvalue weighted by molar-refractivity contribution is 5.93. The van der Waals surface area contributed by atoms with Crippen LogP contribution in [0.4, 0.5) is 5.69 Å². The summed E-state index contributed by atoms with van der Waals surface area (Å²) < 4.78 is 1.57. The molecule has 0 aliphatic carbocycles. The molecule has 0 spiro atoms. The number of benzene rings is 1. The van der Waals surface area contributed by atoms with Gasteiger partial charge in [0, 0.05) is 24.2 Å². The first-order valence-corrected chi connectivity index (χ1v) is 6.37. The van der Waals surface area contributed by atoms with Gasteiger partial charge in [0.1, 0.15) is 6.04 Å². The Balaban J connectivity index is 2.00. The number of nitrogens with zero attached hydrogens (tertiary/aromatic N) is 2. The lowest BCUT2D eigenvalue weighted by molar-refractivity contribution is -0.131. The molecule has 1 heterocycles. The molecule has 0 saturated heterocycles. The summed E-state index contributed by atoms with van der Waals surface area (Å²) in [5.41, 5.74) is 1.39. The molecule has 6 nitrogen and oxygen atoms in total. The van der Waals surface area contributed by atoms with E-state index in [0.29, 0.717) is 5.69 Å². The smallest absolute Gasteiger partial charge is 0.328 e. The van der Waals surface area contributed by atoms with Gasteiger partial charge in [-0.3, -0.25) is 9.48 Å². The lowest BCUT2D eigenvalue weighted by Crippen LogP contribution is -2.23. The van der Waals surface area contributed by atoms with Crippen molar-refractivity contribution in [2.24, 2.45) is 0 Å². The van der Waals surface area contributed by atoms with Gasteiger partial charge in [-0.1, -0.05) is 12.1 Å². The highest BCUT2D eigenvalue weighted by Crippen LogP contribution is 2.13. The van der Waals surface area contributed by atoms with E-state index in [1.165, 1.54) is 6.08 Å². The lowest BCUT2D eigenvalue weighted by Gasteiger charge is -2.12. The molecule has 21 heavy (non-hydrogen) atoms. The molecule has 0 fully saturated rings. The fourth-order valence-electron chi connectivity index (χ4n) is 1.72. The van der Waals surface area contributed by atoms with Gasteiger partial charge in [0.15, 0.2) is 0 Å². The van der Waals surface area contributed by atoms with Crippen LogP contribution in [-0.2, 0) is 9.59 Å². The zero-order valence-electron chi connectivity index (χ0n) is 11.4. The summed E-state index contributed by atoms with van der Waals surface area (Å²) in [4.78, 5) is 22.5. The molecule has 1 atom stereocenters. The number of hydrogen-bond donors (Lipinski definition) is 2. The van der Waals surface area contributed by atoms with Gasteiger partial charge in [-0.25, -0.2) is 4.79 Å². The van der Waals surface area contributed by atoms with E-state index in [1.54, 1.807) is 54.3 Å². The zero-order valence-corrected chi connectivity index (χ0v) is 11.4. The molecule has 1 aromatic heterocycles. The van der Waals surface area contributed by atoms with Crippen molar-refractivity contribution < 1.29 is 14.7 Å². The lowest BCUT2D eigenvalue weighted by atomic mass is 10.2. The molecule has 6 heteroatoms. The molecule has 0 aliphatic rings. The minimum Gasteiger partial charge on any atom is -0.478 e. The van der Waals surface area contributed by atoms with Gasteiger partial charge in [0.2, 0.25) is 5.91 Å². The van der Waals surface area contributed by atoms with Gasteiger partial charge in [0.05, 0.1) is 0 Å². The summed E-state index contributed by atoms with van der Waals surface area (Å²) in [5.74, 6) is -1.17. The number of aliphatic carboxylic acids is 1. The summed E-state index contributed by atoms with van der Waals surface area (Å²) in [5, 5.41) is 15.4. The van der Waals surface area contributed by atoms with E-state index >= 15 is 0 Å². The Morgan fingerprint density at radius 1 is 1.33 bits per heavy atom. The average molecular weight is 285 g/mol. The van der Waals surface area contributed by atoms with Crippen molar-refractivity contribution in [3.8, 4) is 0 Å². The molecule has 2 rings (SSSR count). The third-order valence-corrected chi connectivity index (χ3v) is 2.90. The van der Waals surface area contributed by atoms with Crippen LogP contribution in [0.1, 0.15) is 18.5 Å². The van der Waals surface area contributed by atoms with Crippen molar-refractivity contribution in [1.29, 1.82) is 0 Å². The number of hydrogen-bond acceptors (Lipinski definition) is 3. The van der Waals surface area contributed by atoms with Crippen molar-refractivity contribution >= 4 is 23.6 Å². The van der Waals surface area contributed by atoms with Gasteiger partial charge in [-0.05, 0) is 36.8 Å². The molecule has 0 saturated carbocycles. The van der Waals surface area contributed by atoms with Crippen molar-refractivity contribution in [3.05, 3.63) is 54.4 Å². The number of rotatable bonds is 5. The van der Waals surface area contributed by atoms with Crippen LogP contribution < -0.4 is 5.32 Å². The molecule has 0 radical (unpaired) electrons. The molecule has 108 valence electrons. The quantitative estimate of drug-likeness (QED) is 0.825. The second-order valence-corrected chi connectivity index (χ2v) is 4.44. The van der Waals surface area contributed by atoms with Gasteiger partial charge in [0.25, 0.3) is 0 Å². The van der Waals surface area contributed by atoms with Gasteiger partial charge in [-0.15, -0.1) is 0 Å². The fourth-order valence-corrected chi connectivity index (χ4v) is 1.72. The molecule has 0 bridgehead atoms. The highest BCUT2D eigenvalue weighted by atomic mass is 16.4. The first kappa shape index (κ1) is 14.5. The monoisotopic (exact) mass is 285 g/mol. The van der Waals surface area contributed by atoms with Crippen molar-refractivity contribution in [3.63, 3.8) is 0 Å². The maximum atomic E-state index is 12.0. The predicted octanol–water partition coefficient (Wildman–Crippen LogP) is 2.18. The second-order valence-electron chi connectivity index (χ2n) is 4.44. The fraction of sp³-hybridized carbons (Fsp3) is 0.133. The first-order valence-electron chi connectivity index (χ1n) is 6.37. The number of carboxylic acid groups (broad SMARTS) is 1. The van der Waals surface area contributed by atoms with Crippen LogP contribution in [0, 0.1) is 0 Å². The van der Waals surface area contributed by atoms with Crippen molar-refractivity contribution in [2.75, 3.05) is 5.32 Å². The van der Waals surface area contributed by atoms with Gasteiger partial charge < -0.3 is 10.4 Å². The Morgan fingerprint density at radius 3 is 2.62 bits per heavy atom. The van der Waals surface area contributed by atoms with E-state index in [1.807, 2.05) is 0 Å². The normalized spacial score (nSPS) is 12.2. The molecular formula is C15H15N3O3. The van der Waals surface area contributed by atoms with Gasteiger partial charge >= 0.3 is 5.97 Å². The van der Waals surface area contributed by atoms with Gasteiger partial charge in [-0.2, -0.15) is 5.10 Å². The number of aromatic nitrogens is 2. The van der Waals surface area contributed by atoms with Crippen LogP contribution in [0.5, 0.6) is 0 Å². The van der Waals surface area contributed by atoms with E-state index in [0.717, 1.165) is 11.6 Å². The maximum Gasteiger partial charge on any atom is 0.328 e. The van der Waals surface area contributed by atoms with Crippen molar-refractivity contribution in [2.45, 2.75) is 13.0 Å². The summed E-state index contributed by atoms with van der Waals surface area (Å²) in [6.45, 7) is 1.76. The molecule has 1 amide bonds. The number of carbonyl (C=O) groups excluding carboxylic acids is 1. The van der Waals surface area contributed by atoms with Crippen LogP contribution >= 0.6 is 0 Å². The van der Waals surface area contributed by atoms with Crippen LogP contribution in [-0.4, -0.2) is 26.8 Å². The first-order chi connectivity index (χ1) is 10.1.